The predicted molar refractivity (Wildman–Crippen MR) is 79.6 cm³/mol. The SMILES string of the molecule is CCOC1(OCC)CCN(C(=O)OC(C)(C)C)C(C(=O)O)C1. The van der Waals surface area contributed by atoms with Crippen molar-refractivity contribution in [3.05, 3.63) is 0 Å². The number of hydrogen-bond acceptors (Lipinski definition) is 5. The third-order valence-electron chi connectivity index (χ3n) is 3.34. The van der Waals surface area contributed by atoms with Crippen LogP contribution in [0.4, 0.5) is 4.79 Å². The van der Waals surface area contributed by atoms with Crippen LogP contribution >= 0.6 is 0 Å². The molecule has 1 aliphatic rings. The summed E-state index contributed by atoms with van der Waals surface area (Å²) in [5, 5.41) is 9.46. The maximum atomic E-state index is 12.2. The van der Waals surface area contributed by atoms with Crippen LogP contribution in [0.25, 0.3) is 0 Å². The van der Waals surface area contributed by atoms with E-state index in [0.717, 1.165) is 0 Å². The first-order chi connectivity index (χ1) is 10.1. The molecule has 0 aromatic heterocycles. The van der Waals surface area contributed by atoms with Gasteiger partial charge in [0.05, 0.1) is 0 Å². The number of hydrogen-bond donors (Lipinski definition) is 1. The topological polar surface area (TPSA) is 85.3 Å². The van der Waals surface area contributed by atoms with Gasteiger partial charge in [-0.2, -0.15) is 0 Å². The van der Waals surface area contributed by atoms with Crippen molar-refractivity contribution in [1.29, 1.82) is 0 Å². The Morgan fingerprint density at radius 3 is 2.18 bits per heavy atom. The van der Waals surface area contributed by atoms with Crippen molar-refractivity contribution in [3.8, 4) is 0 Å². The van der Waals surface area contributed by atoms with Gasteiger partial charge >= 0.3 is 12.1 Å². The molecule has 1 aliphatic heterocycles. The number of nitrogens with zero attached hydrogens (tertiary/aromatic N) is 1. The second kappa shape index (κ2) is 7.28. The van der Waals surface area contributed by atoms with Gasteiger partial charge in [-0.3, -0.25) is 4.90 Å². The van der Waals surface area contributed by atoms with E-state index in [9.17, 15) is 14.7 Å². The van der Waals surface area contributed by atoms with Crippen molar-refractivity contribution >= 4 is 12.1 Å². The number of amides is 1. The van der Waals surface area contributed by atoms with E-state index in [2.05, 4.69) is 0 Å². The van der Waals surface area contributed by atoms with Gasteiger partial charge in [0.1, 0.15) is 11.6 Å². The Bertz CT molecular complexity index is 397. The third-order valence-corrected chi connectivity index (χ3v) is 3.34. The van der Waals surface area contributed by atoms with Gasteiger partial charge in [0.15, 0.2) is 5.79 Å². The zero-order valence-corrected chi connectivity index (χ0v) is 14.0. The molecule has 128 valence electrons. The summed E-state index contributed by atoms with van der Waals surface area (Å²) in [6.07, 6.45) is -0.123. The minimum Gasteiger partial charge on any atom is -0.480 e. The maximum absolute atomic E-state index is 12.2. The minimum atomic E-state index is -1.09. The Kier molecular flexibility index (Phi) is 6.19. The number of rotatable bonds is 5. The molecule has 0 saturated carbocycles. The average Bonchev–Trinajstić information content (AvgIpc) is 2.37. The minimum absolute atomic E-state index is 0.0866. The molecule has 7 nitrogen and oxygen atoms in total. The summed E-state index contributed by atoms with van der Waals surface area (Å²) in [4.78, 5) is 25.0. The second-order valence-corrected chi connectivity index (χ2v) is 6.26. The molecule has 1 rings (SSSR count). The summed E-state index contributed by atoms with van der Waals surface area (Å²) in [6, 6.07) is -1.03. The number of carbonyl (C=O) groups excluding carboxylic acids is 1. The highest BCUT2D eigenvalue weighted by Gasteiger charge is 2.47. The largest absolute Gasteiger partial charge is 0.480 e. The van der Waals surface area contributed by atoms with E-state index in [1.165, 1.54) is 4.90 Å². The molecule has 0 aromatic carbocycles. The molecule has 0 aliphatic carbocycles. The number of piperidine rings is 1. The summed E-state index contributed by atoms with van der Waals surface area (Å²) in [5.41, 5.74) is -0.672. The first-order valence-electron chi connectivity index (χ1n) is 7.64. The Morgan fingerprint density at radius 1 is 1.23 bits per heavy atom. The summed E-state index contributed by atoms with van der Waals surface area (Å²) in [5.74, 6) is -2.04. The molecule has 22 heavy (non-hydrogen) atoms. The van der Waals surface area contributed by atoms with Crippen LogP contribution in [0.1, 0.15) is 47.5 Å². The monoisotopic (exact) mass is 317 g/mol. The zero-order chi connectivity index (χ0) is 17.0. The van der Waals surface area contributed by atoms with Crippen molar-refractivity contribution in [2.75, 3.05) is 19.8 Å². The molecule has 0 aromatic rings. The van der Waals surface area contributed by atoms with E-state index >= 15 is 0 Å². The van der Waals surface area contributed by atoms with Crippen LogP contribution in [-0.4, -0.2) is 59.3 Å². The Hall–Kier alpha value is -1.34. The molecule has 1 unspecified atom stereocenters. The molecule has 0 spiro atoms. The highest BCUT2D eigenvalue weighted by Crippen LogP contribution is 2.32. The van der Waals surface area contributed by atoms with Crippen molar-refractivity contribution in [2.24, 2.45) is 0 Å². The van der Waals surface area contributed by atoms with Gasteiger partial charge in [0.2, 0.25) is 0 Å². The molecule has 1 atom stereocenters. The fourth-order valence-corrected chi connectivity index (χ4v) is 2.54. The van der Waals surface area contributed by atoms with Gasteiger partial charge in [-0.05, 0) is 34.6 Å². The number of aliphatic carboxylic acids is 1. The quantitative estimate of drug-likeness (QED) is 0.783. The van der Waals surface area contributed by atoms with Gasteiger partial charge in [0.25, 0.3) is 0 Å². The van der Waals surface area contributed by atoms with Crippen LogP contribution in [-0.2, 0) is 19.0 Å². The van der Waals surface area contributed by atoms with Crippen LogP contribution in [0, 0.1) is 0 Å². The lowest BCUT2D eigenvalue weighted by Crippen LogP contribution is -2.58. The molecule has 1 heterocycles. The first-order valence-corrected chi connectivity index (χ1v) is 7.64. The smallest absolute Gasteiger partial charge is 0.411 e. The maximum Gasteiger partial charge on any atom is 0.411 e. The van der Waals surface area contributed by atoms with Crippen molar-refractivity contribution < 1.29 is 28.9 Å². The lowest BCUT2D eigenvalue weighted by atomic mass is 9.96. The number of ether oxygens (including phenoxy) is 3. The molecule has 1 amide bonds. The Balaban J connectivity index is 2.91. The fourth-order valence-electron chi connectivity index (χ4n) is 2.54. The molecular weight excluding hydrogens is 290 g/mol. The first kappa shape index (κ1) is 18.7. The summed E-state index contributed by atoms with van der Waals surface area (Å²) in [6.45, 7) is 9.94. The number of carboxylic acid groups (broad SMARTS) is 1. The van der Waals surface area contributed by atoms with Crippen LogP contribution in [0.15, 0.2) is 0 Å². The lowest BCUT2D eigenvalue weighted by Gasteiger charge is -2.44. The van der Waals surface area contributed by atoms with E-state index in [1.807, 2.05) is 13.8 Å². The lowest BCUT2D eigenvalue weighted by molar-refractivity contribution is -0.259. The molecule has 1 saturated heterocycles. The van der Waals surface area contributed by atoms with Crippen molar-refractivity contribution in [1.82, 2.24) is 4.90 Å². The molecule has 0 radical (unpaired) electrons. The van der Waals surface area contributed by atoms with Crippen molar-refractivity contribution in [3.63, 3.8) is 0 Å². The second-order valence-electron chi connectivity index (χ2n) is 6.26. The van der Waals surface area contributed by atoms with E-state index in [-0.39, 0.29) is 13.0 Å². The highest BCUT2D eigenvalue weighted by atomic mass is 16.7. The van der Waals surface area contributed by atoms with E-state index in [4.69, 9.17) is 14.2 Å². The van der Waals surface area contributed by atoms with Crippen molar-refractivity contribution in [2.45, 2.75) is 64.9 Å². The molecule has 1 N–H and O–H groups in total. The van der Waals surface area contributed by atoms with Gasteiger partial charge in [0, 0.05) is 32.6 Å². The van der Waals surface area contributed by atoms with Crippen LogP contribution in [0.2, 0.25) is 0 Å². The van der Waals surface area contributed by atoms with E-state index in [0.29, 0.717) is 19.6 Å². The van der Waals surface area contributed by atoms with Crippen LogP contribution < -0.4 is 0 Å². The van der Waals surface area contributed by atoms with Gasteiger partial charge in [-0.15, -0.1) is 0 Å². The zero-order valence-electron chi connectivity index (χ0n) is 14.0. The Labute approximate surface area is 131 Å². The van der Waals surface area contributed by atoms with E-state index in [1.54, 1.807) is 20.8 Å². The van der Waals surface area contributed by atoms with Gasteiger partial charge in [-0.1, -0.05) is 0 Å². The predicted octanol–water partition coefficient (Wildman–Crippen LogP) is 2.24. The fraction of sp³-hybridized carbons (Fsp3) is 0.867. The third kappa shape index (κ3) is 4.84. The van der Waals surface area contributed by atoms with Crippen LogP contribution in [0.5, 0.6) is 0 Å². The number of carboxylic acids is 1. The molecule has 0 bridgehead atoms. The molecule has 7 heteroatoms. The summed E-state index contributed by atoms with van der Waals surface area (Å²) >= 11 is 0. The molecule has 1 fully saturated rings. The average molecular weight is 317 g/mol. The van der Waals surface area contributed by atoms with E-state index < -0.39 is 29.5 Å². The van der Waals surface area contributed by atoms with Gasteiger partial charge in [-0.25, -0.2) is 9.59 Å². The molecular formula is C15H27NO6. The van der Waals surface area contributed by atoms with Crippen LogP contribution in [0.3, 0.4) is 0 Å². The standard InChI is InChI=1S/C15H27NO6/c1-6-20-15(21-7-2)8-9-16(11(10-15)12(17)18)13(19)22-14(3,4)5/h11H,6-10H2,1-5H3,(H,17,18). The van der Waals surface area contributed by atoms with Gasteiger partial charge < -0.3 is 19.3 Å². The summed E-state index contributed by atoms with van der Waals surface area (Å²) < 4.78 is 16.6. The number of likely N-dealkylation sites (tertiary alicyclic amines) is 1. The highest BCUT2D eigenvalue weighted by molar-refractivity contribution is 5.80. The Morgan fingerprint density at radius 2 is 1.77 bits per heavy atom. The number of carbonyl (C=O) groups is 2. The summed E-state index contributed by atoms with van der Waals surface area (Å²) in [7, 11) is 0. The normalized spacial score (nSPS) is 21.5.